The number of aliphatic imine (C=N–C) groups is 1. The highest BCUT2D eigenvalue weighted by molar-refractivity contribution is 7.10. The summed E-state index contributed by atoms with van der Waals surface area (Å²) >= 11 is 1.80. The lowest BCUT2D eigenvalue weighted by molar-refractivity contribution is 0.0322. The predicted molar refractivity (Wildman–Crippen MR) is 125 cm³/mol. The second kappa shape index (κ2) is 12.6. The molecule has 30 heavy (non-hydrogen) atoms. The van der Waals surface area contributed by atoms with Gasteiger partial charge in [-0.25, -0.2) is 4.99 Å². The predicted octanol–water partition coefficient (Wildman–Crippen LogP) is 3.32. The van der Waals surface area contributed by atoms with E-state index < -0.39 is 0 Å². The second-order valence-electron chi connectivity index (χ2n) is 7.44. The van der Waals surface area contributed by atoms with Crippen molar-refractivity contribution in [3.05, 3.63) is 52.2 Å². The van der Waals surface area contributed by atoms with Gasteiger partial charge in [-0.15, -0.1) is 11.3 Å². The Balaban J connectivity index is 1.47. The number of guanidine groups is 1. The number of nitrogens with zero attached hydrogens (tertiary/aromatic N) is 2. The highest BCUT2D eigenvalue weighted by Crippen LogP contribution is 2.19. The van der Waals surface area contributed by atoms with Gasteiger partial charge in [0.1, 0.15) is 12.4 Å². The van der Waals surface area contributed by atoms with Crippen molar-refractivity contribution in [3.8, 4) is 5.75 Å². The third-order valence-electron chi connectivity index (χ3n) is 5.05. The van der Waals surface area contributed by atoms with E-state index in [4.69, 9.17) is 14.5 Å². The Morgan fingerprint density at radius 3 is 2.87 bits per heavy atom. The highest BCUT2D eigenvalue weighted by atomic mass is 32.1. The van der Waals surface area contributed by atoms with E-state index in [-0.39, 0.29) is 0 Å². The minimum absolute atomic E-state index is 0.456. The van der Waals surface area contributed by atoms with Crippen LogP contribution in [0.4, 0.5) is 0 Å². The van der Waals surface area contributed by atoms with E-state index in [2.05, 4.69) is 59.0 Å². The van der Waals surface area contributed by atoms with Crippen LogP contribution in [0, 0.1) is 0 Å². The zero-order valence-electron chi connectivity index (χ0n) is 18.1. The Labute approximate surface area is 184 Å². The number of ether oxygens (including phenoxy) is 2. The summed E-state index contributed by atoms with van der Waals surface area (Å²) in [5, 5.41) is 8.92. The lowest BCUT2D eigenvalue weighted by atomic mass is 10.1. The molecule has 7 heteroatoms. The largest absolute Gasteiger partial charge is 0.492 e. The van der Waals surface area contributed by atoms with Gasteiger partial charge in [0, 0.05) is 43.5 Å². The summed E-state index contributed by atoms with van der Waals surface area (Å²) in [7, 11) is 0. The van der Waals surface area contributed by atoms with Crippen molar-refractivity contribution in [2.45, 2.75) is 26.3 Å². The molecular weight excluding hydrogens is 396 g/mol. The number of rotatable bonds is 10. The van der Waals surface area contributed by atoms with E-state index in [0.29, 0.717) is 19.1 Å². The molecule has 1 fully saturated rings. The molecule has 2 heterocycles. The van der Waals surface area contributed by atoms with Gasteiger partial charge in [0.2, 0.25) is 0 Å². The van der Waals surface area contributed by atoms with Gasteiger partial charge in [0.05, 0.1) is 19.8 Å². The van der Waals surface area contributed by atoms with Crippen LogP contribution in [0.25, 0.3) is 0 Å². The molecule has 0 saturated carbocycles. The van der Waals surface area contributed by atoms with Crippen LogP contribution < -0.4 is 15.4 Å². The summed E-state index contributed by atoms with van der Waals surface area (Å²) in [5.41, 5.74) is 1.14. The molecule has 0 amide bonds. The smallest absolute Gasteiger partial charge is 0.191 e. The molecule has 6 nitrogen and oxygen atoms in total. The molecule has 1 saturated heterocycles. The standard InChI is InChI=1S/C23H34N4O2S/c1-3-24-23(25-17-19(2)22-8-5-15-30-22)26-18-20-6-4-7-21(16-20)29-14-11-27-9-12-28-13-10-27/h4-8,15-16,19H,3,9-14,17-18H2,1-2H3,(H2,24,25,26). The average Bonchev–Trinajstić information content (AvgIpc) is 3.32. The van der Waals surface area contributed by atoms with Crippen molar-refractivity contribution >= 4 is 17.3 Å². The number of morpholine rings is 1. The van der Waals surface area contributed by atoms with Crippen molar-refractivity contribution in [1.29, 1.82) is 0 Å². The molecule has 1 atom stereocenters. The number of hydrogen-bond acceptors (Lipinski definition) is 5. The van der Waals surface area contributed by atoms with Gasteiger partial charge >= 0.3 is 0 Å². The first kappa shape index (κ1) is 22.6. The van der Waals surface area contributed by atoms with Crippen LogP contribution in [0.5, 0.6) is 5.75 Å². The van der Waals surface area contributed by atoms with Crippen LogP contribution in [0.3, 0.4) is 0 Å². The molecule has 0 bridgehead atoms. The zero-order chi connectivity index (χ0) is 21.0. The SMILES string of the molecule is CCNC(=NCc1cccc(OCCN2CCOCC2)c1)NCC(C)c1cccs1. The van der Waals surface area contributed by atoms with Crippen molar-refractivity contribution in [2.24, 2.45) is 4.99 Å². The fraction of sp³-hybridized carbons (Fsp3) is 0.522. The van der Waals surface area contributed by atoms with E-state index in [1.165, 1.54) is 4.88 Å². The number of thiophene rings is 1. The normalized spacial score (nSPS) is 16.3. The molecule has 164 valence electrons. The van der Waals surface area contributed by atoms with Crippen molar-refractivity contribution < 1.29 is 9.47 Å². The zero-order valence-corrected chi connectivity index (χ0v) is 18.9. The maximum Gasteiger partial charge on any atom is 0.191 e. The van der Waals surface area contributed by atoms with E-state index in [1.54, 1.807) is 11.3 Å². The number of hydrogen-bond donors (Lipinski definition) is 2. The Morgan fingerprint density at radius 1 is 1.23 bits per heavy atom. The molecule has 0 aliphatic carbocycles. The molecule has 1 aromatic carbocycles. The van der Waals surface area contributed by atoms with Gasteiger partial charge < -0.3 is 20.1 Å². The summed E-state index contributed by atoms with van der Waals surface area (Å²) in [5.74, 6) is 2.21. The Morgan fingerprint density at radius 2 is 2.10 bits per heavy atom. The monoisotopic (exact) mass is 430 g/mol. The van der Waals surface area contributed by atoms with Crippen LogP contribution in [0.2, 0.25) is 0 Å². The van der Waals surface area contributed by atoms with Gasteiger partial charge in [0.15, 0.2) is 5.96 Å². The molecule has 2 aromatic rings. The third kappa shape index (κ3) is 7.63. The molecular formula is C23H34N4O2S. The number of benzene rings is 1. The molecule has 0 spiro atoms. The maximum absolute atomic E-state index is 5.96. The van der Waals surface area contributed by atoms with E-state index in [1.807, 2.05) is 12.1 Å². The van der Waals surface area contributed by atoms with Crippen molar-refractivity contribution in [1.82, 2.24) is 15.5 Å². The summed E-state index contributed by atoms with van der Waals surface area (Å²) < 4.78 is 11.4. The van der Waals surface area contributed by atoms with Gasteiger partial charge in [-0.05, 0) is 36.1 Å². The van der Waals surface area contributed by atoms with Gasteiger partial charge in [-0.2, -0.15) is 0 Å². The van der Waals surface area contributed by atoms with Gasteiger partial charge in [-0.1, -0.05) is 25.1 Å². The highest BCUT2D eigenvalue weighted by Gasteiger charge is 2.10. The van der Waals surface area contributed by atoms with Crippen molar-refractivity contribution in [3.63, 3.8) is 0 Å². The quantitative estimate of drug-likeness (QED) is 0.447. The first-order valence-corrected chi connectivity index (χ1v) is 11.7. The minimum Gasteiger partial charge on any atom is -0.492 e. The average molecular weight is 431 g/mol. The molecule has 1 unspecified atom stereocenters. The lowest BCUT2D eigenvalue weighted by Crippen LogP contribution is -2.39. The van der Waals surface area contributed by atoms with E-state index in [9.17, 15) is 0 Å². The third-order valence-corrected chi connectivity index (χ3v) is 6.15. The van der Waals surface area contributed by atoms with Crippen LogP contribution in [-0.4, -0.2) is 63.4 Å². The molecule has 0 radical (unpaired) electrons. The van der Waals surface area contributed by atoms with Gasteiger partial charge in [0.25, 0.3) is 0 Å². The summed E-state index contributed by atoms with van der Waals surface area (Å²) in [6.45, 7) is 11.9. The maximum atomic E-state index is 5.96. The lowest BCUT2D eigenvalue weighted by Gasteiger charge is -2.26. The summed E-state index contributed by atoms with van der Waals surface area (Å²) in [6, 6.07) is 12.5. The Bertz CT molecular complexity index is 760. The summed E-state index contributed by atoms with van der Waals surface area (Å²) in [4.78, 5) is 8.52. The second-order valence-corrected chi connectivity index (χ2v) is 8.42. The first-order valence-electron chi connectivity index (χ1n) is 10.8. The van der Waals surface area contributed by atoms with Crippen molar-refractivity contribution in [2.75, 3.05) is 52.5 Å². The van der Waals surface area contributed by atoms with Crippen LogP contribution in [0.1, 0.15) is 30.2 Å². The van der Waals surface area contributed by atoms with Crippen LogP contribution in [-0.2, 0) is 11.3 Å². The molecule has 1 aromatic heterocycles. The van der Waals surface area contributed by atoms with Crippen LogP contribution >= 0.6 is 11.3 Å². The molecule has 3 rings (SSSR count). The fourth-order valence-electron chi connectivity index (χ4n) is 3.29. The minimum atomic E-state index is 0.456. The molecule has 1 aliphatic rings. The van der Waals surface area contributed by atoms with E-state index >= 15 is 0 Å². The fourth-order valence-corrected chi connectivity index (χ4v) is 4.07. The molecule has 2 N–H and O–H groups in total. The first-order chi connectivity index (χ1) is 14.7. The van der Waals surface area contributed by atoms with E-state index in [0.717, 1.165) is 63.2 Å². The van der Waals surface area contributed by atoms with Crippen LogP contribution in [0.15, 0.2) is 46.8 Å². The molecule has 1 aliphatic heterocycles. The van der Waals surface area contributed by atoms with Gasteiger partial charge in [-0.3, -0.25) is 4.90 Å². The topological polar surface area (TPSA) is 58.1 Å². The Kier molecular flexibility index (Phi) is 9.47. The Hall–Kier alpha value is -2.09. The number of nitrogens with one attached hydrogen (secondary N) is 2. The summed E-state index contributed by atoms with van der Waals surface area (Å²) in [6.07, 6.45) is 0.